The van der Waals surface area contributed by atoms with Gasteiger partial charge in [-0.25, -0.2) is 23.5 Å². The Morgan fingerprint density at radius 2 is 1.81 bits per heavy atom. The number of carboxylic acid groups (broad SMARTS) is 1. The molecule has 6 nitrogen and oxygen atoms in total. The highest BCUT2D eigenvalue weighted by Crippen LogP contribution is 2.17. The Hall–Kier alpha value is -2.61. The van der Waals surface area contributed by atoms with Gasteiger partial charge in [0.15, 0.2) is 11.6 Å². The van der Waals surface area contributed by atoms with Crippen molar-refractivity contribution in [1.29, 1.82) is 0 Å². The lowest BCUT2D eigenvalue weighted by atomic mass is 10.1. The Kier molecular flexibility index (Phi) is 4.08. The third-order valence-corrected chi connectivity index (χ3v) is 2.59. The summed E-state index contributed by atoms with van der Waals surface area (Å²) in [7, 11) is 0. The number of anilines is 1. The number of nitrogens with zero attached hydrogens (tertiary/aromatic N) is 2. The van der Waals surface area contributed by atoms with Crippen molar-refractivity contribution in [3.05, 3.63) is 52.4 Å². The van der Waals surface area contributed by atoms with E-state index < -0.39 is 34.6 Å². The number of carbonyl (C=O) groups is 2. The zero-order valence-electron chi connectivity index (χ0n) is 10.1. The van der Waals surface area contributed by atoms with E-state index in [1.165, 1.54) is 12.3 Å². The summed E-state index contributed by atoms with van der Waals surface area (Å²) in [4.78, 5) is 30.2. The monoisotopic (exact) mass is 313 g/mol. The molecular weight excluding hydrogens is 308 g/mol. The van der Waals surface area contributed by atoms with Crippen LogP contribution in [0.15, 0.2) is 24.4 Å². The quantitative estimate of drug-likeness (QED) is 0.849. The predicted octanol–water partition coefficient (Wildman–Crippen LogP) is 2.36. The topological polar surface area (TPSA) is 92.2 Å². The number of carbonyl (C=O) groups excluding carboxylic acids is 1. The average molecular weight is 314 g/mol. The first-order valence-electron chi connectivity index (χ1n) is 5.40. The molecule has 0 aliphatic carbocycles. The van der Waals surface area contributed by atoms with Gasteiger partial charge in [-0.2, -0.15) is 0 Å². The Labute approximate surface area is 121 Å². The molecule has 1 heterocycles. The van der Waals surface area contributed by atoms with E-state index in [2.05, 4.69) is 15.3 Å². The average Bonchev–Trinajstić information content (AvgIpc) is 2.41. The van der Waals surface area contributed by atoms with Gasteiger partial charge in [0.1, 0.15) is 5.82 Å². The van der Waals surface area contributed by atoms with E-state index >= 15 is 0 Å². The zero-order valence-corrected chi connectivity index (χ0v) is 10.9. The maximum Gasteiger partial charge on any atom is 0.336 e. The van der Waals surface area contributed by atoms with E-state index in [0.29, 0.717) is 12.1 Å². The summed E-state index contributed by atoms with van der Waals surface area (Å²) in [5.41, 5.74) is -1.22. The van der Waals surface area contributed by atoms with Gasteiger partial charge < -0.3 is 10.4 Å². The Morgan fingerprint density at radius 3 is 2.38 bits per heavy atom. The fraction of sp³-hybridized carbons (Fsp3) is 0. The zero-order chi connectivity index (χ0) is 15.6. The van der Waals surface area contributed by atoms with Crippen LogP contribution in [0.2, 0.25) is 5.28 Å². The molecule has 1 amide bonds. The third kappa shape index (κ3) is 3.29. The van der Waals surface area contributed by atoms with Gasteiger partial charge in [0, 0.05) is 6.20 Å². The highest BCUT2D eigenvalue weighted by atomic mass is 35.5. The van der Waals surface area contributed by atoms with Crippen LogP contribution >= 0.6 is 11.6 Å². The van der Waals surface area contributed by atoms with Crippen LogP contribution in [-0.4, -0.2) is 27.0 Å². The van der Waals surface area contributed by atoms with Crippen LogP contribution in [0.5, 0.6) is 0 Å². The van der Waals surface area contributed by atoms with Gasteiger partial charge in [0.25, 0.3) is 5.91 Å². The molecule has 1 aromatic heterocycles. The molecule has 2 N–H and O–H groups in total. The predicted molar refractivity (Wildman–Crippen MR) is 68.3 cm³/mol. The lowest BCUT2D eigenvalue weighted by Crippen LogP contribution is -2.18. The van der Waals surface area contributed by atoms with Gasteiger partial charge in [-0.3, -0.25) is 4.79 Å². The van der Waals surface area contributed by atoms with Crippen molar-refractivity contribution in [2.75, 3.05) is 5.32 Å². The van der Waals surface area contributed by atoms with Gasteiger partial charge >= 0.3 is 5.97 Å². The van der Waals surface area contributed by atoms with Crippen molar-refractivity contribution in [2.24, 2.45) is 0 Å². The number of amides is 1. The van der Waals surface area contributed by atoms with E-state index in [4.69, 9.17) is 16.7 Å². The number of aromatic carboxylic acids is 1. The molecule has 0 atom stereocenters. The van der Waals surface area contributed by atoms with Crippen molar-refractivity contribution >= 4 is 29.3 Å². The van der Waals surface area contributed by atoms with Crippen LogP contribution in [0.25, 0.3) is 0 Å². The molecule has 0 fully saturated rings. The van der Waals surface area contributed by atoms with Crippen molar-refractivity contribution in [3.8, 4) is 0 Å². The molecule has 9 heteroatoms. The van der Waals surface area contributed by atoms with Gasteiger partial charge in [-0.15, -0.1) is 0 Å². The van der Waals surface area contributed by atoms with Gasteiger partial charge in [0.05, 0.1) is 11.1 Å². The maximum absolute atomic E-state index is 13.2. The number of hydrogen-bond acceptors (Lipinski definition) is 4. The fourth-order valence-corrected chi connectivity index (χ4v) is 1.65. The van der Waals surface area contributed by atoms with Gasteiger partial charge in [-0.05, 0) is 29.8 Å². The summed E-state index contributed by atoms with van der Waals surface area (Å²) in [5, 5.41) is 11.0. The molecule has 21 heavy (non-hydrogen) atoms. The van der Waals surface area contributed by atoms with Gasteiger partial charge in [0.2, 0.25) is 5.28 Å². The summed E-state index contributed by atoms with van der Waals surface area (Å²) in [6.45, 7) is 0. The summed E-state index contributed by atoms with van der Waals surface area (Å²) in [6.07, 6.45) is 1.26. The number of benzene rings is 1. The van der Waals surface area contributed by atoms with Crippen LogP contribution in [0.4, 0.5) is 14.6 Å². The minimum atomic E-state index is -1.57. The van der Waals surface area contributed by atoms with Crippen molar-refractivity contribution in [3.63, 3.8) is 0 Å². The Bertz CT molecular complexity index is 740. The van der Waals surface area contributed by atoms with E-state index in [1.54, 1.807) is 0 Å². The van der Waals surface area contributed by atoms with E-state index in [1.807, 2.05) is 0 Å². The van der Waals surface area contributed by atoms with Crippen molar-refractivity contribution in [1.82, 2.24) is 9.97 Å². The first-order chi connectivity index (χ1) is 9.88. The molecular formula is C12H6ClF2N3O3. The van der Waals surface area contributed by atoms with Crippen LogP contribution in [0.3, 0.4) is 0 Å². The molecule has 2 rings (SSSR count). The lowest BCUT2D eigenvalue weighted by molar-refractivity contribution is 0.0691. The van der Waals surface area contributed by atoms with E-state index in [-0.39, 0.29) is 11.1 Å². The molecule has 1 aromatic carbocycles. The number of halogens is 3. The highest BCUT2D eigenvalue weighted by Gasteiger charge is 2.20. The number of carboxylic acids is 1. The molecule has 0 unspecified atom stereocenters. The number of hydrogen-bond donors (Lipinski definition) is 2. The van der Waals surface area contributed by atoms with Crippen LogP contribution < -0.4 is 5.32 Å². The fourth-order valence-electron chi connectivity index (χ4n) is 1.50. The number of aromatic nitrogens is 2. The minimum Gasteiger partial charge on any atom is -0.478 e. The molecule has 0 aliphatic rings. The standard InChI is InChI=1S/C12H6ClF2N3O3/c13-12-16-2-1-9(18-12)17-10(19)5-3-7(14)8(15)4-6(5)11(20)21/h1-4H,(H,20,21)(H,16,17,18,19). The van der Waals surface area contributed by atoms with Crippen molar-refractivity contribution in [2.45, 2.75) is 0 Å². The van der Waals surface area contributed by atoms with E-state index in [0.717, 1.165) is 0 Å². The Morgan fingerprint density at radius 1 is 1.19 bits per heavy atom. The van der Waals surface area contributed by atoms with Crippen molar-refractivity contribution < 1.29 is 23.5 Å². The first-order valence-corrected chi connectivity index (χ1v) is 5.78. The van der Waals surface area contributed by atoms with Crippen LogP contribution in [-0.2, 0) is 0 Å². The minimum absolute atomic E-state index is 0.0129. The second-order valence-electron chi connectivity index (χ2n) is 3.78. The SMILES string of the molecule is O=C(O)c1cc(F)c(F)cc1C(=O)Nc1ccnc(Cl)n1. The van der Waals surface area contributed by atoms with Crippen LogP contribution in [0, 0.1) is 11.6 Å². The van der Waals surface area contributed by atoms with Gasteiger partial charge in [-0.1, -0.05) is 0 Å². The molecule has 0 spiro atoms. The second-order valence-corrected chi connectivity index (χ2v) is 4.12. The normalized spacial score (nSPS) is 10.2. The first kappa shape index (κ1) is 14.8. The molecule has 0 aliphatic heterocycles. The third-order valence-electron chi connectivity index (χ3n) is 2.40. The number of nitrogens with one attached hydrogen (secondary N) is 1. The summed E-state index contributed by atoms with van der Waals surface area (Å²) in [6, 6.07) is 2.22. The summed E-state index contributed by atoms with van der Waals surface area (Å²) < 4.78 is 26.2. The molecule has 0 saturated carbocycles. The smallest absolute Gasteiger partial charge is 0.336 e. The van der Waals surface area contributed by atoms with E-state index in [9.17, 15) is 18.4 Å². The van der Waals surface area contributed by atoms with Crippen LogP contribution in [0.1, 0.15) is 20.7 Å². The number of rotatable bonds is 3. The molecule has 0 radical (unpaired) electrons. The summed E-state index contributed by atoms with van der Waals surface area (Å²) in [5.74, 6) is -5.26. The Balaban J connectivity index is 2.39. The largest absolute Gasteiger partial charge is 0.478 e. The second kappa shape index (κ2) is 5.80. The summed E-state index contributed by atoms with van der Waals surface area (Å²) >= 11 is 5.52. The maximum atomic E-state index is 13.2. The highest BCUT2D eigenvalue weighted by molar-refractivity contribution is 6.28. The molecule has 2 aromatic rings. The molecule has 0 bridgehead atoms. The lowest BCUT2D eigenvalue weighted by Gasteiger charge is -2.08. The molecule has 108 valence electrons. The molecule has 0 saturated heterocycles.